The Hall–Kier alpha value is -1.84. The molecule has 4 aliphatic carbocycles. The number of rotatable bonds is 3. The van der Waals surface area contributed by atoms with E-state index in [4.69, 9.17) is 0 Å². The molecule has 4 saturated carbocycles. The van der Waals surface area contributed by atoms with Crippen molar-refractivity contribution in [1.29, 1.82) is 0 Å². The first-order valence-corrected chi connectivity index (χ1v) is 10.7. The first-order valence-electron chi connectivity index (χ1n) is 10.7. The van der Waals surface area contributed by atoms with Gasteiger partial charge in [-0.15, -0.1) is 0 Å². The van der Waals surface area contributed by atoms with E-state index in [2.05, 4.69) is 4.90 Å². The first kappa shape index (κ1) is 17.3. The van der Waals surface area contributed by atoms with Gasteiger partial charge in [0.05, 0.1) is 11.8 Å². The Kier molecular flexibility index (Phi) is 4.25. The van der Waals surface area contributed by atoms with E-state index >= 15 is 0 Å². The van der Waals surface area contributed by atoms with Crippen LogP contribution >= 0.6 is 0 Å². The second kappa shape index (κ2) is 6.65. The van der Waals surface area contributed by atoms with Crippen LogP contribution in [0.4, 0.5) is 0 Å². The minimum Gasteiger partial charge on any atom is -0.339 e. The summed E-state index contributed by atoms with van der Waals surface area (Å²) in [5, 5.41) is 0. The van der Waals surface area contributed by atoms with Crippen molar-refractivity contribution < 1.29 is 9.59 Å². The predicted octanol–water partition coefficient (Wildman–Crippen LogP) is 3.12. The highest BCUT2D eigenvalue weighted by Gasteiger charge is 2.55. The minimum absolute atomic E-state index is 0.0506. The van der Waals surface area contributed by atoms with Gasteiger partial charge in [0.2, 0.25) is 11.8 Å². The first-order chi connectivity index (χ1) is 13.1. The van der Waals surface area contributed by atoms with Gasteiger partial charge in [-0.2, -0.15) is 0 Å². The van der Waals surface area contributed by atoms with Crippen LogP contribution in [0.15, 0.2) is 30.3 Å². The van der Waals surface area contributed by atoms with Crippen molar-refractivity contribution in [2.24, 2.45) is 23.2 Å². The zero-order chi connectivity index (χ0) is 18.4. The van der Waals surface area contributed by atoms with Crippen LogP contribution in [-0.2, 0) is 16.0 Å². The Morgan fingerprint density at radius 3 is 1.89 bits per heavy atom. The van der Waals surface area contributed by atoms with E-state index in [-0.39, 0.29) is 11.3 Å². The van der Waals surface area contributed by atoms with E-state index in [0.717, 1.165) is 42.6 Å². The molecule has 0 N–H and O–H groups in total. The second-order valence-electron chi connectivity index (χ2n) is 9.53. The lowest BCUT2D eigenvalue weighted by Gasteiger charge is -2.57. The molecule has 0 radical (unpaired) electrons. The van der Waals surface area contributed by atoms with Crippen LogP contribution < -0.4 is 0 Å². The van der Waals surface area contributed by atoms with Gasteiger partial charge in [0.15, 0.2) is 0 Å². The molecule has 1 aliphatic heterocycles. The molecule has 4 bridgehead atoms. The van der Waals surface area contributed by atoms with Gasteiger partial charge in [-0.3, -0.25) is 9.59 Å². The third-order valence-electron chi connectivity index (χ3n) is 7.61. The van der Waals surface area contributed by atoms with E-state index in [9.17, 15) is 9.59 Å². The van der Waals surface area contributed by atoms with Crippen molar-refractivity contribution in [3.05, 3.63) is 35.9 Å². The molecule has 1 heterocycles. The third-order valence-corrected chi connectivity index (χ3v) is 7.61. The van der Waals surface area contributed by atoms with E-state index in [1.54, 1.807) is 0 Å². The molecule has 5 fully saturated rings. The predicted molar refractivity (Wildman–Crippen MR) is 104 cm³/mol. The highest BCUT2D eigenvalue weighted by atomic mass is 16.2. The van der Waals surface area contributed by atoms with Gasteiger partial charge in [-0.05, 0) is 61.8 Å². The summed E-state index contributed by atoms with van der Waals surface area (Å²) in [5.74, 6) is 3.00. The molecule has 1 aromatic carbocycles. The molecule has 5 aliphatic rings. The van der Waals surface area contributed by atoms with Crippen LogP contribution in [0.25, 0.3) is 0 Å². The quantitative estimate of drug-likeness (QED) is 0.825. The lowest BCUT2D eigenvalue weighted by molar-refractivity contribution is -0.160. The van der Waals surface area contributed by atoms with Gasteiger partial charge in [-0.1, -0.05) is 30.3 Å². The molecule has 4 heteroatoms. The molecular formula is C23H30N2O2. The van der Waals surface area contributed by atoms with Crippen molar-refractivity contribution in [2.45, 2.75) is 44.9 Å². The van der Waals surface area contributed by atoms with Crippen LogP contribution in [0, 0.1) is 23.2 Å². The van der Waals surface area contributed by atoms with E-state index < -0.39 is 0 Å². The molecular weight excluding hydrogens is 336 g/mol. The number of hydrogen-bond acceptors (Lipinski definition) is 2. The lowest BCUT2D eigenvalue weighted by Crippen LogP contribution is -2.58. The summed E-state index contributed by atoms with van der Waals surface area (Å²) in [7, 11) is 0. The minimum atomic E-state index is -0.0506. The van der Waals surface area contributed by atoms with Gasteiger partial charge < -0.3 is 9.80 Å². The average molecular weight is 367 g/mol. The summed E-state index contributed by atoms with van der Waals surface area (Å²) < 4.78 is 0. The normalized spacial score (nSPS) is 34.7. The Bertz CT molecular complexity index is 686. The molecule has 0 atom stereocenters. The smallest absolute Gasteiger partial charge is 0.228 e. The van der Waals surface area contributed by atoms with E-state index in [1.165, 1.54) is 19.3 Å². The largest absolute Gasteiger partial charge is 0.339 e. The fourth-order valence-corrected chi connectivity index (χ4v) is 6.75. The maximum absolute atomic E-state index is 13.4. The number of piperazine rings is 1. The number of amides is 2. The highest BCUT2D eigenvalue weighted by molar-refractivity contribution is 5.84. The molecule has 1 saturated heterocycles. The third kappa shape index (κ3) is 3.17. The highest BCUT2D eigenvalue weighted by Crippen LogP contribution is 2.60. The average Bonchev–Trinajstić information content (AvgIpc) is 2.67. The van der Waals surface area contributed by atoms with Gasteiger partial charge in [0, 0.05) is 26.2 Å². The summed E-state index contributed by atoms with van der Waals surface area (Å²) in [6, 6.07) is 9.94. The van der Waals surface area contributed by atoms with Crippen molar-refractivity contribution in [1.82, 2.24) is 9.80 Å². The Labute approximate surface area is 161 Å². The number of nitrogens with zero attached hydrogens (tertiary/aromatic N) is 2. The SMILES string of the molecule is O=C(Cc1ccccc1)N1CCN(C(=O)C23CC4CC(CC(C4)C2)C3)CC1. The number of carbonyl (C=O) groups is 2. The molecule has 0 unspecified atom stereocenters. The van der Waals surface area contributed by atoms with Gasteiger partial charge >= 0.3 is 0 Å². The molecule has 0 aromatic heterocycles. The zero-order valence-electron chi connectivity index (χ0n) is 16.1. The Morgan fingerprint density at radius 1 is 0.815 bits per heavy atom. The molecule has 27 heavy (non-hydrogen) atoms. The summed E-state index contributed by atoms with van der Waals surface area (Å²) in [6.07, 6.45) is 7.96. The molecule has 144 valence electrons. The van der Waals surface area contributed by atoms with E-state index in [0.29, 0.717) is 38.5 Å². The molecule has 6 rings (SSSR count). The summed E-state index contributed by atoms with van der Waals surface area (Å²) in [4.78, 5) is 30.1. The van der Waals surface area contributed by atoms with Crippen LogP contribution in [0.3, 0.4) is 0 Å². The summed E-state index contributed by atoms with van der Waals surface area (Å²) in [5.41, 5.74) is 1.01. The maximum Gasteiger partial charge on any atom is 0.228 e. The van der Waals surface area contributed by atoms with Crippen molar-refractivity contribution >= 4 is 11.8 Å². The van der Waals surface area contributed by atoms with E-state index in [1.807, 2.05) is 35.2 Å². The van der Waals surface area contributed by atoms with Crippen molar-refractivity contribution in [3.8, 4) is 0 Å². The summed E-state index contributed by atoms with van der Waals surface area (Å²) >= 11 is 0. The zero-order valence-corrected chi connectivity index (χ0v) is 16.1. The molecule has 2 amide bonds. The number of benzene rings is 1. The summed E-state index contributed by atoms with van der Waals surface area (Å²) in [6.45, 7) is 2.79. The van der Waals surface area contributed by atoms with Crippen LogP contribution in [0.5, 0.6) is 0 Å². The molecule has 0 spiro atoms. The van der Waals surface area contributed by atoms with Crippen LogP contribution in [-0.4, -0.2) is 47.8 Å². The van der Waals surface area contributed by atoms with Crippen LogP contribution in [0.1, 0.15) is 44.1 Å². The standard InChI is InChI=1S/C23H30N2O2/c26-21(13-17-4-2-1-3-5-17)24-6-8-25(9-7-24)22(27)23-14-18-10-19(15-23)12-20(11-18)16-23/h1-5,18-20H,6-16H2. The van der Waals surface area contributed by atoms with Crippen molar-refractivity contribution in [3.63, 3.8) is 0 Å². The monoisotopic (exact) mass is 366 g/mol. The van der Waals surface area contributed by atoms with Gasteiger partial charge in [0.25, 0.3) is 0 Å². The van der Waals surface area contributed by atoms with Crippen LogP contribution in [0.2, 0.25) is 0 Å². The number of hydrogen-bond donors (Lipinski definition) is 0. The van der Waals surface area contributed by atoms with Gasteiger partial charge in [-0.25, -0.2) is 0 Å². The Morgan fingerprint density at radius 2 is 1.33 bits per heavy atom. The fourth-order valence-electron chi connectivity index (χ4n) is 6.75. The molecule has 4 nitrogen and oxygen atoms in total. The molecule has 1 aromatic rings. The van der Waals surface area contributed by atoms with Gasteiger partial charge in [0.1, 0.15) is 0 Å². The topological polar surface area (TPSA) is 40.6 Å². The number of carbonyl (C=O) groups excluding carboxylic acids is 2. The second-order valence-corrected chi connectivity index (χ2v) is 9.53. The Balaban J connectivity index is 1.19. The maximum atomic E-state index is 13.4. The van der Waals surface area contributed by atoms with Crippen molar-refractivity contribution in [2.75, 3.05) is 26.2 Å². The lowest BCUT2D eigenvalue weighted by atomic mass is 9.49. The fraction of sp³-hybridized carbons (Fsp3) is 0.652.